The van der Waals surface area contributed by atoms with Gasteiger partial charge in [0.1, 0.15) is 40.9 Å². The summed E-state index contributed by atoms with van der Waals surface area (Å²) < 4.78 is 5.63. The number of hydrogen-bond donors (Lipinski definition) is 4. The van der Waals surface area contributed by atoms with Crippen LogP contribution in [0.1, 0.15) is 66.6 Å². The largest absolute Gasteiger partial charge is 0.508 e. The van der Waals surface area contributed by atoms with Crippen LogP contribution in [0, 0.1) is 6.92 Å². The summed E-state index contributed by atoms with van der Waals surface area (Å²) in [5.74, 6) is -1.90. The first kappa shape index (κ1) is 23.3. The van der Waals surface area contributed by atoms with Gasteiger partial charge in [-0.15, -0.1) is 0 Å². The van der Waals surface area contributed by atoms with Crippen molar-refractivity contribution in [3.8, 4) is 28.7 Å². The second-order valence-corrected chi connectivity index (χ2v) is 8.58. The van der Waals surface area contributed by atoms with Gasteiger partial charge in [0.15, 0.2) is 5.78 Å². The monoisotopic (exact) mass is 438 g/mol. The molecule has 1 aliphatic rings. The highest BCUT2D eigenvalue weighted by Gasteiger charge is 2.35. The Bertz CT molecular complexity index is 1110. The number of ether oxygens (including phenoxy) is 1. The zero-order valence-corrected chi connectivity index (χ0v) is 18.9. The Kier molecular flexibility index (Phi) is 6.82. The lowest BCUT2D eigenvalue weighted by atomic mass is 9.86. The van der Waals surface area contributed by atoms with Gasteiger partial charge in [0.2, 0.25) is 0 Å². The molecular formula is C26H30O6. The maximum Gasteiger partial charge on any atom is 0.181 e. The van der Waals surface area contributed by atoms with E-state index in [4.69, 9.17) is 4.74 Å². The van der Waals surface area contributed by atoms with E-state index in [2.05, 4.69) is 19.9 Å². The molecule has 3 rings (SSSR count). The van der Waals surface area contributed by atoms with Gasteiger partial charge in [0.05, 0.1) is 5.92 Å². The molecule has 1 atom stereocenters. The molecule has 1 heterocycles. The molecule has 0 amide bonds. The predicted octanol–water partition coefficient (Wildman–Crippen LogP) is 5.41. The van der Waals surface area contributed by atoms with Crippen LogP contribution >= 0.6 is 0 Å². The highest BCUT2D eigenvalue weighted by Crippen LogP contribution is 2.44. The van der Waals surface area contributed by atoms with Gasteiger partial charge in [0.25, 0.3) is 0 Å². The first-order chi connectivity index (χ1) is 15.1. The van der Waals surface area contributed by atoms with Gasteiger partial charge < -0.3 is 25.2 Å². The molecule has 0 saturated heterocycles. The summed E-state index contributed by atoms with van der Waals surface area (Å²) in [5.41, 5.74) is 3.54. The van der Waals surface area contributed by atoms with E-state index in [1.165, 1.54) is 30.2 Å². The molecule has 32 heavy (non-hydrogen) atoms. The minimum Gasteiger partial charge on any atom is -0.508 e. The number of allylic oxidation sites excluding steroid dienone is 4. The smallest absolute Gasteiger partial charge is 0.181 e. The number of carbonyl (C=O) groups is 1. The van der Waals surface area contributed by atoms with Crippen LogP contribution in [0.2, 0.25) is 0 Å². The second kappa shape index (κ2) is 9.39. The molecular weight excluding hydrogens is 408 g/mol. The molecule has 0 aliphatic carbocycles. The number of phenolic OH excluding ortho intramolecular Hbond substituents is 4. The van der Waals surface area contributed by atoms with Crippen LogP contribution in [0.5, 0.6) is 28.7 Å². The first-order valence-corrected chi connectivity index (χ1v) is 10.7. The van der Waals surface area contributed by atoms with E-state index in [0.29, 0.717) is 17.5 Å². The third kappa shape index (κ3) is 4.74. The van der Waals surface area contributed by atoms with Gasteiger partial charge in [-0.05, 0) is 58.6 Å². The van der Waals surface area contributed by atoms with Gasteiger partial charge in [-0.1, -0.05) is 23.3 Å². The van der Waals surface area contributed by atoms with Crippen molar-refractivity contribution in [2.24, 2.45) is 0 Å². The van der Waals surface area contributed by atoms with Crippen molar-refractivity contribution in [3.05, 3.63) is 63.8 Å². The van der Waals surface area contributed by atoms with Gasteiger partial charge in [-0.3, -0.25) is 4.79 Å². The van der Waals surface area contributed by atoms with Crippen LogP contribution < -0.4 is 4.74 Å². The second-order valence-electron chi connectivity index (χ2n) is 8.58. The molecule has 0 saturated carbocycles. The van der Waals surface area contributed by atoms with Crippen molar-refractivity contribution < 1.29 is 30.0 Å². The molecule has 0 bridgehead atoms. The number of phenols is 4. The fourth-order valence-electron chi connectivity index (χ4n) is 3.79. The number of aromatic hydroxyl groups is 4. The Morgan fingerprint density at radius 3 is 2.44 bits per heavy atom. The van der Waals surface area contributed by atoms with E-state index >= 15 is 0 Å². The zero-order valence-electron chi connectivity index (χ0n) is 18.9. The van der Waals surface area contributed by atoms with Gasteiger partial charge in [0, 0.05) is 23.3 Å². The molecule has 1 unspecified atom stereocenters. The zero-order chi connectivity index (χ0) is 23.6. The number of ketones is 1. The SMILES string of the molecule is CC(C)=CCC/C(C)=C/Cc1cc(C2COc3cc(O)c(C)c(O)c3C2=O)c(O)cc1O. The Hall–Kier alpha value is -3.41. The minimum atomic E-state index is -0.848. The Balaban J connectivity index is 1.89. The highest BCUT2D eigenvalue weighted by atomic mass is 16.5. The van der Waals surface area contributed by atoms with Crippen molar-refractivity contribution >= 4 is 5.78 Å². The first-order valence-electron chi connectivity index (χ1n) is 10.7. The van der Waals surface area contributed by atoms with E-state index in [1.54, 1.807) is 6.07 Å². The number of hydrogen-bond acceptors (Lipinski definition) is 6. The summed E-state index contributed by atoms with van der Waals surface area (Å²) in [5, 5.41) is 41.1. The van der Waals surface area contributed by atoms with Crippen molar-refractivity contribution in [1.82, 2.24) is 0 Å². The molecule has 0 aromatic heterocycles. The lowest BCUT2D eigenvalue weighted by Crippen LogP contribution is -2.26. The lowest BCUT2D eigenvalue weighted by molar-refractivity contribution is 0.0889. The highest BCUT2D eigenvalue weighted by molar-refractivity contribution is 6.07. The average Bonchev–Trinajstić information content (AvgIpc) is 2.72. The molecule has 2 aromatic rings. The third-order valence-electron chi connectivity index (χ3n) is 5.82. The van der Waals surface area contributed by atoms with E-state index in [1.807, 2.05) is 13.0 Å². The van der Waals surface area contributed by atoms with Gasteiger partial charge in [-0.2, -0.15) is 0 Å². The summed E-state index contributed by atoms with van der Waals surface area (Å²) in [6.07, 6.45) is 6.52. The normalized spacial score (nSPS) is 15.8. The molecule has 6 nitrogen and oxygen atoms in total. The summed E-state index contributed by atoms with van der Waals surface area (Å²) in [6, 6.07) is 4.16. The fourth-order valence-corrected chi connectivity index (χ4v) is 3.79. The van der Waals surface area contributed by atoms with Crippen LogP contribution in [0.15, 0.2) is 41.5 Å². The van der Waals surface area contributed by atoms with E-state index in [-0.39, 0.29) is 46.5 Å². The Morgan fingerprint density at radius 2 is 1.75 bits per heavy atom. The molecule has 4 N–H and O–H groups in total. The summed E-state index contributed by atoms with van der Waals surface area (Å²) >= 11 is 0. The maximum atomic E-state index is 13.2. The van der Waals surface area contributed by atoms with Crippen molar-refractivity contribution in [2.45, 2.75) is 52.9 Å². The van der Waals surface area contributed by atoms with Crippen molar-refractivity contribution in [2.75, 3.05) is 6.61 Å². The number of benzene rings is 2. The van der Waals surface area contributed by atoms with E-state index in [0.717, 1.165) is 12.8 Å². The molecule has 2 aromatic carbocycles. The Labute approximate surface area is 188 Å². The molecule has 170 valence electrons. The molecule has 0 fully saturated rings. The predicted molar refractivity (Wildman–Crippen MR) is 123 cm³/mol. The van der Waals surface area contributed by atoms with Crippen molar-refractivity contribution in [3.63, 3.8) is 0 Å². The molecule has 0 radical (unpaired) electrons. The maximum absolute atomic E-state index is 13.2. The van der Waals surface area contributed by atoms with Crippen LogP contribution in [0.25, 0.3) is 0 Å². The van der Waals surface area contributed by atoms with Gasteiger partial charge >= 0.3 is 0 Å². The minimum absolute atomic E-state index is 0.0133. The molecule has 6 heteroatoms. The third-order valence-corrected chi connectivity index (χ3v) is 5.82. The fraction of sp³-hybridized carbons (Fsp3) is 0.346. The number of rotatable bonds is 6. The van der Waals surface area contributed by atoms with E-state index in [9.17, 15) is 25.2 Å². The van der Waals surface area contributed by atoms with Gasteiger partial charge in [-0.25, -0.2) is 0 Å². The van der Waals surface area contributed by atoms with Crippen LogP contribution in [0.3, 0.4) is 0 Å². The standard InChI is InChI=1S/C26H30O6/c1-14(2)6-5-7-15(3)8-9-17-10-18(22(29)11-21(17)28)19-13-32-23-12-20(27)16(4)25(30)24(23)26(19)31/h6,8,10-12,19,27-30H,5,7,9,13H2,1-4H3/b15-8+. The van der Waals surface area contributed by atoms with Crippen LogP contribution in [0.4, 0.5) is 0 Å². The molecule has 0 spiro atoms. The van der Waals surface area contributed by atoms with E-state index < -0.39 is 11.7 Å². The van der Waals surface area contributed by atoms with Crippen molar-refractivity contribution in [1.29, 1.82) is 0 Å². The number of carbonyl (C=O) groups excluding carboxylic acids is 1. The van der Waals surface area contributed by atoms with Crippen LogP contribution in [-0.2, 0) is 6.42 Å². The summed E-state index contributed by atoms with van der Waals surface area (Å²) in [4.78, 5) is 13.2. The topological polar surface area (TPSA) is 107 Å². The molecule has 1 aliphatic heterocycles. The lowest BCUT2D eigenvalue weighted by Gasteiger charge is -2.26. The number of Topliss-reactive ketones (excluding diaryl/α,β-unsaturated/α-hetero) is 1. The average molecular weight is 439 g/mol. The quantitative estimate of drug-likeness (QED) is 0.449. The summed E-state index contributed by atoms with van der Waals surface area (Å²) in [6.45, 7) is 7.61. The summed E-state index contributed by atoms with van der Waals surface area (Å²) in [7, 11) is 0. The Morgan fingerprint density at radius 1 is 1.03 bits per heavy atom. The van der Waals surface area contributed by atoms with Crippen LogP contribution in [-0.4, -0.2) is 32.8 Å². The number of fused-ring (bicyclic) bond motifs is 1.